The summed E-state index contributed by atoms with van der Waals surface area (Å²) in [6.45, 7) is 6.80. The maximum atomic E-state index is 3.51. The fraction of sp³-hybridized carbons (Fsp3) is 0.625. The van der Waals surface area contributed by atoms with Gasteiger partial charge in [0.25, 0.3) is 0 Å². The molecule has 0 aliphatic rings. The van der Waals surface area contributed by atoms with E-state index in [1.807, 2.05) is 0 Å². The molecule has 2 nitrogen and oxygen atoms in total. The largest absolute Gasteiger partial charge is 0.315 e. The van der Waals surface area contributed by atoms with Crippen LogP contribution in [0.3, 0.4) is 0 Å². The molecule has 2 heteroatoms. The van der Waals surface area contributed by atoms with Crippen molar-refractivity contribution in [1.82, 2.24) is 10.2 Å². The average Bonchev–Trinajstić information content (AvgIpc) is 2.41. The first kappa shape index (κ1) is 15.2. The molecule has 0 saturated heterocycles. The first-order valence-corrected chi connectivity index (χ1v) is 7.26. The van der Waals surface area contributed by atoms with Gasteiger partial charge in [-0.25, -0.2) is 0 Å². The van der Waals surface area contributed by atoms with Gasteiger partial charge in [0.05, 0.1) is 0 Å². The third kappa shape index (κ3) is 7.46. The number of likely N-dealkylation sites (N-methyl/N-ethyl adjacent to an activating group) is 1. The molecule has 0 radical (unpaired) electrons. The number of nitrogens with zero attached hydrogens (tertiary/aromatic N) is 1. The summed E-state index contributed by atoms with van der Waals surface area (Å²) in [6, 6.07) is 10.7. The summed E-state index contributed by atoms with van der Waals surface area (Å²) >= 11 is 0. The summed E-state index contributed by atoms with van der Waals surface area (Å²) in [5, 5.41) is 3.51. The molecule has 0 aromatic heterocycles. The van der Waals surface area contributed by atoms with Crippen LogP contribution in [0.5, 0.6) is 0 Å². The number of nitrogens with one attached hydrogen (secondary N) is 1. The molecule has 0 fully saturated rings. The second-order valence-electron chi connectivity index (χ2n) is 5.00. The van der Waals surface area contributed by atoms with Crippen molar-refractivity contribution < 1.29 is 0 Å². The molecule has 0 heterocycles. The second kappa shape index (κ2) is 10.1. The van der Waals surface area contributed by atoms with Crippen LogP contribution < -0.4 is 5.32 Å². The molecule has 0 aliphatic carbocycles. The third-order valence-corrected chi connectivity index (χ3v) is 3.25. The first-order valence-electron chi connectivity index (χ1n) is 7.26. The molecule has 1 rings (SSSR count). The lowest BCUT2D eigenvalue weighted by Crippen LogP contribution is -2.31. The van der Waals surface area contributed by atoms with Gasteiger partial charge in [0, 0.05) is 19.6 Å². The Hall–Kier alpha value is -0.860. The molecule has 0 amide bonds. The maximum absolute atomic E-state index is 3.51. The van der Waals surface area contributed by atoms with Crippen LogP contribution in [-0.2, 0) is 6.42 Å². The van der Waals surface area contributed by atoms with E-state index in [4.69, 9.17) is 0 Å². The van der Waals surface area contributed by atoms with Crippen molar-refractivity contribution in [3.8, 4) is 0 Å². The van der Waals surface area contributed by atoms with E-state index < -0.39 is 0 Å². The smallest absolute Gasteiger partial charge is 0.0104 e. The Labute approximate surface area is 112 Å². The minimum absolute atomic E-state index is 1.11. The molecule has 0 atom stereocenters. The molecule has 1 aromatic carbocycles. The second-order valence-corrected chi connectivity index (χ2v) is 5.00. The molecule has 0 unspecified atom stereocenters. The molecular weight excluding hydrogens is 220 g/mol. The number of hydrogen-bond donors (Lipinski definition) is 1. The minimum Gasteiger partial charge on any atom is -0.315 e. The highest BCUT2D eigenvalue weighted by molar-refractivity contribution is 5.14. The molecule has 0 saturated carbocycles. The van der Waals surface area contributed by atoms with Crippen LogP contribution in [0.4, 0.5) is 0 Å². The summed E-state index contributed by atoms with van der Waals surface area (Å²) in [6.07, 6.45) is 5.10. The Balaban J connectivity index is 1.99. The summed E-state index contributed by atoms with van der Waals surface area (Å²) in [4.78, 5) is 2.40. The molecule has 0 spiro atoms. The lowest BCUT2D eigenvalue weighted by molar-refractivity contribution is 0.335. The summed E-state index contributed by atoms with van der Waals surface area (Å²) in [5.41, 5.74) is 1.43. The molecule has 18 heavy (non-hydrogen) atoms. The predicted molar refractivity (Wildman–Crippen MR) is 80.0 cm³/mol. The van der Waals surface area contributed by atoms with Crippen molar-refractivity contribution in [2.24, 2.45) is 0 Å². The van der Waals surface area contributed by atoms with E-state index in [-0.39, 0.29) is 0 Å². The number of hydrogen-bond acceptors (Lipinski definition) is 2. The van der Waals surface area contributed by atoms with E-state index in [9.17, 15) is 0 Å². The minimum atomic E-state index is 1.11. The number of benzene rings is 1. The van der Waals surface area contributed by atoms with Crippen LogP contribution in [0.2, 0.25) is 0 Å². The third-order valence-electron chi connectivity index (χ3n) is 3.25. The van der Waals surface area contributed by atoms with Gasteiger partial charge in [-0.3, -0.25) is 0 Å². The van der Waals surface area contributed by atoms with Crippen LogP contribution in [0.1, 0.15) is 31.7 Å². The average molecular weight is 248 g/mol. The van der Waals surface area contributed by atoms with Crippen LogP contribution in [0, 0.1) is 0 Å². The van der Waals surface area contributed by atoms with E-state index in [1.165, 1.54) is 31.4 Å². The zero-order chi connectivity index (χ0) is 13.1. The van der Waals surface area contributed by atoms with Crippen molar-refractivity contribution >= 4 is 0 Å². The van der Waals surface area contributed by atoms with Crippen LogP contribution >= 0.6 is 0 Å². The number of rotatable bonds is 10. The molecule has 1 N–H and O–H groups in total. The molecule has 1 aromatic rings. The van der Waals surface area contributed by atoms with Crippen molar-refractivity contribution in [2.45, 2.75) is 32.6 Å². The summed E-state index contributed by atoms with van der Waals surface area (Å²) in [5.74, 6) is 0. The van der Waals surface area contributed by atoms with Gasteiger partial charge in [0.1, 0.15) is 0 Å². The Morgan fingerprint density at radius 2 is 1.78 bits per heavy atom. The predicted octanol–water partition coefficient (Wildman–Crippen LogP) is 2.94. The highest BCUT2D eigenvalue weighted by Gasteiger charge is 1.98. The van der Waals surface area contributed by atoms with Crippen LogP contribution in [-0.4, -0.2) is 38.1 Å². The molecule has 0 aliphatic heterocycles. The zero-order valence-electron chi connectivity index (χ0n) is 12.0. The number of unbranched alkanes of at least 4 members (excludes halogenated alkanes) is 2. The van der Waals surface area contributed by atoms with Crippen molar-refractivity contribution in [1.29, 1.82) is 0 Å². The summed E-state index contributed by atoms with van der Waals surface area (Å²) in [7, 11) is 2.21. The van der Waals surface area contributed by atoms with Gasteiger partial charge in [-0.2, -0.15) is 0 Å². The highest BCUT2D eigenvalue weighted by atomic mass is 15.1. The Bertz CT molecular complexity index is 284. The topological polar surface area (TPSA) is 15.3 Å². The van der Waals surface area contributed by atoms with Crippen LogP contribution in [0.25, 0.3) is 0 Å². The van der Waals surface area contributed by atoms with Gasteiger partial charge in [-0.15, -0.1) is 0 Å². The van der Waals surface area contributed by atoms with Gasteiger partial charge in [0.15, 0.2) is 0 Å². The standard InChI is InChI=1S/C16H28N2/c1-3-4-8-12-17-13-15-18(2)14-11-16-9-6-5-7-10-16/h5-7,9-10,17H,3-4,8,11-15H2,1-2H3. The highest BCUT2D eigenvalue weighted by Crippen LogP contribution is 2.00. The van der Waals surface area contributed by atoms with Gasteiger partial charge < -0.3 is 10.2 Å². The normalized spacial score (nSPS) is 11.1. The van der Waals surface area contributed by atoms with Crippen molar-refractivity contribution in [3.05, 3.63) is 35.9 Å². The lowest BCUT2D eigenvalue weighted by Gasteiger charge is -2.16. The van der Waals surface area contributed by atoms with Gasteiger partial charge in [-0.1, -0.05) is 50.1 Å². The molecular formula is C16H28N2. The van der Waals surface area contributed by atoms with E-state index in [2.05, 4.69) is 54.5 Å². The van der Waals surface area contributed by atoms with E-state index in [0.29, 0.717) is 0 Å². The SMILES string of the molecule is CCCCCNCCN(C)CCc1ccccc1. The maximum Gasteiger partial charge on any atom is 0.0104 e. The molecule has 102 valence electrons. The Morgan fingerprint density at radius 3 is 2.50 bits per heavy atom. The lowest BCUT2D eigenvalue weighted by atomic mass is 10.1. The fourth-order valence-corrected chi connectivity index (χ4v) is 1.97. The van der Waals surface area contributed by atoms with Crippen LogP contribution in [0.15, 0.2) is 30.3 Å². The first-order chi connectivity index (χ1) is 8.83. The Kier molecular flexibility index (Phi) is 8.53. The monoisotopic (exact) mass is 248 g/mol. The summed E-state index contributed by atoms with van der Waals surface area (Å²) < 4.78 is 0. The van der Waals surface area contributed by atoms with Gasteiger partial charge in [-0.05, 0) is 32.0 Å². The quantitative estimate of drug-likeness (QED) is 0.640. The molecule has 0 bridgehead atoms. The van der Waals surface area contributed by atoms with E-state index in [1.54, 1.807) is 0 Å². The van der Waals surface area contributed by atoms with Crippen molar-refractivity contribution in [3.63, 3.8) is 0 Å². The van der Waals surface area contributed by atoms with Gasteiger partial charge >= 0.3 is 0 Å². The van der Waals surface area contributed by atoms with E-state index in [0.717, 1.165) is 26.1 Å². The van der Waals surface area contributed by atoms with Gasteiger partial charge in [0.2, 0.25) is 0 Å². The Morgan fingerprint density at radius 1 is 1.00 bits per heavy atom. The van der Waals surface area contributed by atoms with Crippen molar-refractivity contribution in [2.75, 3.05) is 33.2 Å². The van der Waals surface area contributed by atoms with E-state index >= 15 is 0 Å². The fourth-order valence-electron chi connectivity index (χ4n) is 1.97. The zero-order valence-corrected chi connectivity index (χ0v) is 12.0.